The summed E-state index contributed by atoms with van der Waals surface area (Å²) in [5, 5.41) is 3.26. The fourth-order valence-electron chi connectivity index (χ4n) is 4.40. The fourth-order valence-corrected chi connectivity index (χ4v) is 5.34. The summed E-state index contributed by atoms with van der Waals surface area (Å²) >= 11 is 0. The summed E-state index contributed by atoms with van der Waals surface area (Å²) < 4.78 is 59.0. The van der Waals surface area contributed by atoms with Crippen LogP contribution in [0.3, 0.4) is 0 Å². The Morgan fingerprint density at radius 3 is 2.05 bits per heavy atom. The van der Waals surface area contributed by atoms with Crippen LogP contribution >= 0.6 is 0 Å². The average Bonchev–Trinajstić information content (AvgIpc) is 3.39. The number of benzene rings is 3. The van der Waals surface area contributed by atoms with Crippen molar-refractivity contribution in [1.82, 2.24) is 4.57 Å². The summed E-state index contributed by atoms with van der Waals surface area (Å²) in [6, 6.07) is 15.8. The van der Waals surface area contributed by atoms with Crippen LogP contribution in [0, 0.1) is 6.92 Å². The van der Waals surface area contributed by atoms with Gasteiger partial charge < -0.3 is 9.50 Å². The number of fused-ring (bicyclic) bond motifs is 2. The average molecular weight is 627 g/mol. The number of rotatable bonds is 9. The third-order valence-corrected chi connectivity index (χ3v) is 8.44. The van der Waals surface area contributed by atoms with Crippen LogP contribution in [0.25, 0.3) is 0 Å². The van der Waals surface area contributed by atoms with Crippen LogP contribution in [0.15, 0.2) is 84.3 Å². The van der Waals surface area contributed by atoms with Crippen molar-refractivity contribution in [1.29, 1.82) is 0 Å². The Morgan fingerprint density at radius 1 is 0.884 bits per heavy atom. The number of carbonyl (C=O) groups is 2. The number of aryl methyl sites for hydroxylation is 3. The summed E-state index contributed by atoms with van der Waals surface area (Å²) in [5.74, 6) is -0.986. The zero-order valence-corrected chi connectivity index (χ0v) is 25.7. The highest BCUT2D eigenvalue weighted by atomic mass is 32.2. The Balaban J connectivity index is 0.000000641. The zero-order valence-electron chi connectivity index (χ0n) is 24.1. The van der Waals surface area contributed by atoms with E-state index in [9.17, 15) is 26.4 Å². The molecule has 4 aromatic rings. The van der Waals surface area contributed by atoms with Crippen LogP contribution in [-0.2, 0) is 38.0 Å². The van der Waals surface area contributed by atoms with Gasteiger partial charge in [0.25, 0.3) is 10.1 Å². The van der Waals surface area contributed by atoms with Crippen molar-refractivity contribution in [3.8, 4) is 5.75 Å². The molecular weight excluding hydrogens is 594 g/mol. The molecule has 0 saturated heterocycles. The normalized spacial score (nSPS) is 12.6. The Morgan fingerprint density at radius 2 is 1.49 bits per heavy atom. The van der Waals surface area contributed by atoms with Crippen molar-refractivity contribution in [3.63, 3.8) is 0 Å². The highest BCUT2D eigenvalue weighted by Crippen LogP contribution is 2.38. The summed E-state index contributed by atoms with van der Waals surface area (Å²) in [6.07, 6.45) is 7.66. The van der Waals surface area contributed by atoms with Gasteiger partial charge in [0.2, 0.25) is 6.33 Å². The molecule has 0 aliphatic heterocycles. The third-order valence-electron chi connectivity index (χ3n) is 6.58. The second kappa shape index (κ2) is 12.9. The van der Waals surface area contributed by atoms with E-state index >= 15 is 0 Å². The topological polar surface area (TPSA) is 142 Å². The number of anilines is 1. The molecule has 5 rings (SSSR count). The molecule has 43 heavy (non-hydrogen) atoms. The molecule has 0 radical (unpaired) electrons. The lowest BCUT2D eigenvalue weighted by Gasteiger charge is -2.23. The highest BCUT2D eigenvalue weighted by molar-refractivity contribution is 7.87. The summed E-state index contributed by atoms with van der Waals surface area (Å²) in [5.41, 5.74) is 1.92. The maximum absolute atomic E-state index is 13.6. The molecule has 1 N–H and O–H groups in total. The minimum atomic E-state index is -4.23. The van der Waals surface area contributed by atoms with Crippen molar-refractivity contribution in [3.05, 3.63) is 107 Å². The molecule has 11 nitrogen and oxygen atoms in total. The molecule has 13 heteroatoms. The van der Waals surface area contributed by atoms with Crippen LogP contribution in [0.5, 0.6) is 5.75 Å². The number of nitrogens with zero attached hydrogens (tertiary/aromatic N) is 2. The molecule has 0 unspecified atom stereocenters. The number of nitrogens with one attached hydrogen (secondary N) is 1. The van der Waals surface area contributed by atoms with E-state index in [-0.39, 0.29) is 38.7 Å². The maximum Gasteiger partial charge on any atom is 0.339 e. The number of ketones is 2. The van der Waals surface area contributed by atoms with Crippen molar-refractivity contribution >= 4 is 37.5 Å². The van der Waals surface area contributed by atoms with Gasteiger partial charge in [0.1, 0.15) is 17.3 Å². The van der Waals surface area contributed by atoms with E-state index in [0.29, 0.717) is 12.2 Å². The Hall–Kier alpha value is -4.33. The Kier molecular flexibility index (Phi) is 9.48. The van der Waals surface area contributed by atoms with E-state index < -0.39 is 26.0 Å². The molecule has 0 atom stereocenters. The molecule has 0 spiro atoms. The smallest absolute Gasteiger partial charge is 0.339 e. The number of aromatic nitrogens is 2. The van der Waals surface area contributed by atoms with Crippen molar-refractivity contribution in [2.75, 3.05) is 25.2 Å². The van der Waals surface area contributed by atoms with Gasteiger partial charge in [-0.25, -0.2) is 9.13 Å². The summed E-state index contributed by atoms with van der Waals surface area (Å²) in [6.45, 7) is 3.15. The van der Waals surface area contributed by atoms with Gasteiger partial charge in [-0.2, -0.15) is 16.8 Å². The fraction of sp³-hybridized carbons (Fsp3) is 0.233. The number of hydrogen-bond acceptors (Lipinski definition) is 9. The van der Waals surface area contributed by atoms with E-state index in [1.54, 1.807) is 42.5 Å². The molecule has 1 aromatic heterocycles. The minimum Gasteiger partial charge on any atom is -0.384 e. The zero-order chi connectivity index (χ0) is 31.4. The predicted octanol–water partition coefficient (Wildman–Crippen LogP) is 3.26. The molecule has 0 saturated carbocycles. The molecule has 0 fully saturated rings. The van der Waals surface area contributed by atoms with Crippen LogP contribution in [0.2, 0.25) is 0 Å². The quantitative estimate of drug-likeness (QED) is 0.148. The monoisotopic (exact) mass is 626 g/mol. The number of carbonyl (C=O) groups excluding carboxylic acids is 2. The molecule has 0 amide bonds. The van der Waals surface area contributed by atoms with Gasteiger partial charge in [-0.3, -0.25) is 13.8 Å². The molecular formula is C30H32N3O8S2+. The van der Waals surface area contributed by atoms with Gasteiger partial charge in [-0.15, -0.1) is 0 Å². The number of imidazole rings is 1. The van der Waals surface area contributed by atoms with Gasteiger partial charge in [-0.1, -0.05) is 42.0 Å². The van der Waals surface area contributed by atoms with Gasteiger partial charge in [0.15, 0.2) is 17.3 Å². The van der Waals surface area contributed by atoms with Gasteiger partial charge >= 0.3 is 10.1 Å². The second-order valence-electron chi connectivity index (χ2n) is 9.88. The first-order chi connectivity index (χ1) is 20.3. The molecule has 1 aliphatic rings. The first-order valence-corrected chi connectivity index (χ1v) is 16.4. The van der Waals surface area contributed by atoms with E-state index in [0.717, 1.165) is 31.9 Å². The molecule has 1 aliphatic carbocycles. The van der Waals surface area contributed by atoms with Crippen LogP contribution < -0.4 is 14.1 Å². The first kappa shape index (κ1) is 31.6. The Labute approximate surface area is 251 Å². The SMILES string of the molecule is COS(C)(=O)=O.Cc1ccc(S(=O)(=O)Oc2ccc(NCCCn3cc[n+](C)c3)c3c2C(=O)c2ccccc2C3=O)cc1. The van der Waals surface area contributed by atoms with E-state index in [2.05, 4.69) is 14.1 Å². The van der Waals surface area contributed by atoms with E-state index in [1.807, 2.05) is 37.3 Å². The van der Waals surface area contributed by atoms with E-state index in [1.165, 1.54) is 18.2 Å². The van der Waals surface area contributed by atoms with E-state index in [4.69, 9.17) is 4.18 Å². The number of hydrogen-bond donors (Lipinski definition) is 1. The predicted molar refractivity (Wildman–Crippen MR) is 159 cm³/mol. The van der Waals surface area contributed by atoms with Crippen molar-refractivity contribution < 1.29 is 39.4 Å². The van der Waals surface area contributed by atoms with Crippen LogP contribution in [0.4, 0.5) is 5.69 Å². The first-order valence-electron chi connectivity index (χ1n) is 13.2. The van der Waals surface area contributed by atoms with Crippen LogP contribution in [0.1, 0.15) is 43.8 Å². The molecule has 0 bridgehead atoms. The second-order valence-corrected chi connectivity index (χ2v) is 13.2. The molecule has 226 valence electrons. The third kappa shape index (κ3) is 7.55. The lowest BCUT2D eigenvalue weighted by atomic mass is 9.82. The lowest BCUT2D eigenvalue weighted by Crippen LogP contribution is -2.25. The summed E-state index contributed by atoms with van der Waals surface area (Å²) in [4.78, 5) is 27.1. The standard InChI is InChI=1S/C28H25N3O5S.C2H6O3S/c1-19-8-10-20(11-9-19)37(34,35)36-24-13-12-23(29-14-5-15-31-17-16-30(2)18-31)25-26(24)28(33)22-7-4-3-6-21(22)27(25)32;1-5-6(2,3)4/h3-4,6-13,16-18H,5,14-15H2,1-2H3;1-2H3/p+1. The van der Waals surface area contributed by atoms with Crippen molar-refractivity contribution in [2.45, 2.75) is 24.8 Å². The van der Waals surface area contributed by atoms with Crippen molar-refractivity contribution in [2.24, 2.45) is 7.05 Å². The molecule has 3 aromatic carbocycles. The lowest BCUT2D eigenvalue weighted by molar-refractivity contribution is -0.671. The van der Waals surface area contributed by atoms with Crippen LogP contribution in [-0.4, -0.2) is 52.9 Å². The van der Waals surface area contributed by atoms with Gasteiger partial charge in [0, 0.05) is 29.8 Å². The Bertz CT molecular complexity index is 1880. The largest absolute Gasteiger partial charge is 0.384 e. The summed E-state index contributed by atoms with van der Waals surface area (Å²) in [7, 11) is -4.33. The molecule has 1 heterocycles. The van der Waals surface area contributed by atoms with Gasteiger partial charge in [0.05, 0.1) is 38.1 Å². The minimum absolute atomic E-state index is 0.0394. The van der Waals surface area contributed by atoms with Gasteiger partial charge in [-0.05, 0) is 31.2 Å². The maximum atomic E-state index is 13.6. The highest BCUT2D eigenvalue weighted by Gasteiger charge is 2.35.